The molecular weight excluding hydrogens is 208 g/mol. The largest absolute Gasteiger partial charge is 0.476 e. The number of nitrogen functional groups attached to an aromatic ring is 1. The molecule has 0 aliphatic heterocycles. The van der Waals surface area contributed by atoms with Gasteiger partial charge in [-0.2, -0.15) is 0 Å². The molecule has 82 valence electrons. The second-order valence-corrected chi connectivity index (χ2v) is 2.78. The van der Waals surface area contributed by atoms with Crippen LogP contribution in [0.15, 0.2) is 6.07 Å². The molecule has 0 spiro atoms. The zero-order chi connectivity index (χ0) is 11.6. The number of carbonyl (C=O) groups is 1. The van der Waals surface area contributed by atoms with E-state index in [0.29, 0.717) is 0 Å². The maximum Gasteiger partial charge on any atom is 0.356 e. The molecule has 5 nitrogen and oxygen atoms in total. The first-order valence-electron chi connectivity index (χ1n) is 3.98. The molecule has 0 radical (unpaired) electrons. The molecule has 15 heavy (non-hydrogen) atoms. The topological polar surface area (TPSA) is 102 Å². The van der Waals surface area contributed by atoms with Crippen LogP contribution in [0.5, 0.6) is 0 Å². The molecule has 0 aromatic carbocycles. The van der Waals surface area contributed by atoms with Crippen LogP contribution in [-0.4, -0.2) is 16.1 Å². The molecule has 1 heterocycles. The minimum absolute atomic E-state index is 0.0486. The molecule has 0 atom stereocenters. The fourth-order valence-electron chi connectivity index (χ4n) is 1.11. The van der Waals surface area contributed by atoms with E-state index < -0.39 is 23.8 Å². The van der Waals surface area contributed by atoms with Crippen molar-refractivity contribution in [2.45, 2.75) is 13.0 Å². The normalized spacial score (nSPS) is 10.7. The zero-order valence-corrected chi connectivity index (χ0v) is 7.58. The molecule has 0 aliphatic carbocycles. The summed E-state index contributed by atoms with van der Waals surface area (Å²) in [5.74, 6) is -1.45. The van der Waals surface area contributed by atoms with E-state index in [1.807, 2.05) is 0 Å². The van der Waals surface area contributed by atoms with Gasteiger partial charge in [-0.3, -0.25) is 0 Å². The van der Waals surface area contributed by atoms with Crippen molar-refractivity contribution in [3.8, 4) is 0 Å². The van der Waals surface area contributed by atoms with Gasteiger partial charge in [-0.25, -0.2) is 18.6 Å². The number of halogens is 2. The summed E-state index contributed by atoms with van der Waals surface area (Å²) in [5.41, 5.74) is 9.19. The minimum Gasteiger partial charge on any atom is -0.476 e. The highest BCUT2D eigenvalue weighted by atomic mass is 19.3. The van der Waals surface area contributed by atoms with E-state index >= 15 is 0 Å². The molecule has 0 bridgehead atoms. The van der Waals surface area contributed by atoms with Gasteiger partial charge in [0, 0.05) is 6.54 Å². The molecule has 0 fully saturated rings. The number of nitrogens with zero attached hydrogens (tertiary/aromatic N) is 1. The van der Waals surface area contributed by atoms with Crippen LogP contribution >= 0.6 is 0 Å². The van der Waals surface area contributed by atoms with E-state index in [9.17, 15) is 13.6 Å². The standard InChI is InChI=1S/C8H9F2N3O2/c9-7(10)5-3(2-11)1-4(12)6(13-5)8(14)15/h1,7H,2,11-12H2,(H,14,15). The van der Waals surface area contributed by atoms with Crippen molar-refractivity contribution in [1.29, 1.82) is 0 Å². The highest BCUT2D eigenvalue weighted by Gasteiger charge is 2.19. The predicted molar refractivity (Wildman–Crippen MR) is 48.5 cm³/mol. The molecule has 0 unspecified atom stereocenters. The lowest BCUT2D eigenvalue weighted by Crippen LogP contribution is -2.12. The molecule has 1 aromatic rings. The van der Waals surface area contributed by atoms with E-state index in [0.717, 1.165) is 6.07 Å². The molecule has 0 saturated heterocycles. The number of hydrogen-bond acceptors (Lipinski definition) is 4. The molecule has 7 heteroatoms. The van der Waals surface area contributed by atoms with Gasteiger partial charge in [0.1, 0.15) is 5.69 Å². The lowest BCUT2D eigenvalue weighted by Gasteiger charge is -2.09. The molecular formula is C8H9F2N3O2. The fourth-order valence-corrected chi connectivity index (χ4v) is 1.11. The van der Waals surface area contributed by atoms with Crippen LogP contribution in [0.25, 0.3) is 0 Å². The van der Waals surface area contributed by atoms with Crippen molar-refractivity contribution in [2.75, 3.05) is 5.73 Å². The van der Waals surface area contributed by atoms with Gasteiger partial charge in [0.25, 0.3) is 6.43 Å². The first-order valence-corrected chi connectivity index (χ1v) is 3.98. The number of aromatic carboxylic acids is 1. The van der Waals surface area contributed by atoms with Crippen molar-refractivity contribution in [1.82, 2.24) is 4.98 Å². The first-order chi connectivity index (χ1) is 6.97. The number of carboxylic acids is 1. The van der Waals surface area contributed by atoms with Crippen molar-refractivity contribution in [3.05, 3.63) is 23.0 Å². The Morgan fingerprint density at radius 3 is 2.60 bits per heavy atom. The minimum atomic E-state index is -2.87. The van der Waals surface area contributed by atoms with Gasteiger partial charge >= 0.3 is 5.97 Å². The molecule has 0 amide bonds. The lowest BCUT2D eigenvalue weighted by atomic mass is 10.1. The van der Waals surface area contributed by atoms with Gasteiger partial charge in [0.2, 0.25) is 0 Å². The van der Waals surface area contributed by atoms with Crippen LogP contribution in [0.2, 0.25) is 0 Å². The SMILES string of the molecule is NCc1cc(N)c(C(=O)O)nc1C(F)F. The number of aromatic nitrogens is 1. The summed E-state index contributed by atoms with van der Waals surface area (Å²) in [6, 6.07) is 1.11. The van der Waals surface area contributed by atoms with Crippen molar-refractivity contribution < 1.29 is 18.7 Å². The van der Waals surface area contributed by atoms with Crippen LogP contribution < -0.4 is 11.5 Å². The van der Waals surface area contributed by atoms with E-state index in [1.54, 1.807) is 0 Å². The average molecular weight is 217 g/mol. The Balaban J connectivity index is 3.37. The third kappa shape index (κ3) is 2.18. The highest BCUT2D eigenvalue weighted by molar-refractivity contribution is 5.91. The van der Waals surface area contributed by atoms with Crippen molar-refractivity contribution in [2.24, 2.45) is 5.73 Å². The zero-order valence-electron chi connectivity index (χ0n) is 7.58. The smallest absolute Gasteiger partial charge is 0.356 e. The van der Waals surface area contributed by atoms with Crippen LogP contribution in [0.1, 0.15) is 28.2 Å². The van der Waals surface area contributed by atoms with Crippen LogP contribution in [0, 0.1) is 0 Å². The van der Waals surface area contributed by atoms with E-state index in [2.05, 4.69) is 4.98 Å². The Hall–Kier alpha value is -1.76. The maximum absolute atomic E-state index is 12.4. The van der Waals surface area contributed by atoms with Crippen LogP contribution in [-0.2, 0) is 6.54 Å². The number of pyridine rings is 1. The summed E-state index contributed by atoms with van der Waals surface area (Å²) in [6.45, 7) is -0.170. The van der Waals surface area contributed by atoms with Crippen LogP contribution in [0.4, 0.5) is 14.5 Å². The van der Waals surface area contributed by atoms with Crippen molar-refractivity contribution in [3.63, 3.8) is 0 Å². The first kappa shape index (κ1) is 11.3. The molecule has 5 N–H and O–H groups in total. The summed E-state index contributed by atoms with van der Waals surface area (Å²) in [7, 11) is 0. The Bertz CT molecular complexity index is 396. The van der Waals surface area contributed by atoms with Gasteiger partial charge in [0.05, 0.1) is 5.69 Å². The molecule has 0 saturated carbocycles. The monoisotopic (exact) mass is 217 g/mol. The third-order valence-corrected chi connectivity index (χ3v) is 1.79. The Labute approximate surface area is 83.7 Å². The number of alkyl halides is 2. The van der Waals surface area contributed by atoms with Gasteiger partial charge in [0.15, 0.2) is 5.69 Å². The van der Waals surface area contributed by atoms with Gasteiger partial charge < -0.3 is 16.6 Å². The predicted octanol–water partition coefficient (Wildman–Crippen LogP) is 0.758. The summed E-state index contributed by atoms with van der Waals surface area (Å²) in [5, 5.41) is 8.62. The Kier molecular flexibility index (Phi) is 3.15. The summed E-state index contributed by atoms with van der Waals surface area (Å²) >= 11 is 0. The van der Waals surface area contributed by atoms with E-state index in [-0.39, 0.29) is 17.8 Å². The van der Waals surface area contributed by atoms with Crippen LogP contribution in [0.3, 0.4) is 0 Å². The second kappa shape index (κ2) is 4.18. The fraction of sp³-hybridized carbons (Fsp3) is 0.250. The molecule has 1 rings (SSSR count). The summed E-state index contributed by atoms with van der Waals surface area (Å²) in [4.78, 5) is 13.9. The summed E-state index contributed by atoms with van der Waals surface area (Å²) in [6.07, 6.45) is -2.87. The van der Waals surface area contributed by atoms with E-state index in [4.69, 9.17) is 16.6 Å². The number of rotatable bonds is 3. The van der Waals surface area contributed by atoms with Gasteiger partial charge in [-0.1, -0.05) is 0 Å². The lowest BCUT2D eigenvalue weighted by molar-refractivity contribution is 0.0690. The number of anilines is 1. The maximum atomic E-state index is 12.4. The molecule has 0 aliphatic rings. The number of hydrogen-bond donors (Lipinski definition) is 3. The van der Waals surface area contributed by atoms with E-state index in [1.165, 1.54) is 0 Å². The quantitative estimate of drug-likeness (QED) is 0.693. The van der Waals surface area contributed by atoms with Gasteiger partial charge in [-0.15, -0.1) is 0 Å². The van der Waals surface area contributed by atoms with Crippen molar-refractivity contribution >= 4 is 11.7 Å². The Morgan fingerprint density at radius 1 is 1.60 bits per heavy atom. The Morgan fingerprint density at radius 2 is 2.20 bits per heavy atom. The van der Waals surface area contributed by atoms with Gasteiger partial charge in [-0.05, 0) is 11.6 Å². The molecule has 1 aromatic heterocycles. The average Bonchev–Trinajstić information content (AvgIpc) is 2.16. The number of nitrogens with two attached hydrogens (primary N) is 2. The summed E-state index contributed by atoms with van der Waals surface area (Å²) < 4.78 is 24.9. The third-order valence-electron chi connectivity index (χ3n) is 1.79. The highest BCUT2D eigenvalue weighted by Crippen LogP contribution is 2.24. The number of carboxylic acid groups (broad SMARTS) is 1. The second-order valence-electron chi connectivity index (χ2n) is 2.78.